The van der Waals surface area contributed by atoms with E-state index in [-0.39, 0.29) is 5.82 Å². The van der Waals surface area contributed by atoms with E-state index in [0.717, 1.165) is 36.1 Å². The van der Waals surface area contributed by atoms with Crippen molar-refractivity contribution in [2.75, 3.05) is 20.1 Å². The molecule has 0 fully saturated rings. The van der Waals surface area contributed by atoms with Crippen LogP contribution in [0, 0.1) is 5.82 Å². The van der Waals surface area contributed by atoms with Gasteiger partial charge in [0, 0.05) is 11.0 Å². The van der Waals surface area contributed by atoms with Crippen molar-refractivity contribution in [3.63, 3.8) is 0 Å². The molecule has 84 valence electrons. The van der Waals surface area contributed by atoms with E-state index in [4.69, 9.17) is 0 Å². The molecule has 0 aliphatic carbocycles. The van der Waals surface area contributed by atoms with Gasteiger partial charge < -0.3 is 10.6 Å². The molecule has 1 rings (SSSR count). The fourth-order valence-electron chi connectivity index (χ4n) is 1.28. The average Bonchev–Trinajstić information content (AvgIpc) is 2.20. The molecule has 1 aromatic rings. The fraction of sp³-hybridized carbons (Fsp3) is 0.455. The van der Waals surface area contributed by atoms with Gasteiger partial charge in [-0.05, 0) is 44.3 Å². The maximum atomic E-state index is 12.8. The maximum Gasteiger partial charge on any atom is 0.124 e. The lowest BCUT2D eigenvalue weighted by atomic mass is 10.2. The molecule has 0 spiro atoms. The molecular formula is C11H16BrFN2. The van der Waals surface area contributed by atoms with Crippen molar-refractivity contribution in [2.45, 2.75) is 13.0 Å². The molecule has 0 heterocycles. The topological polar surface area (TPSA) is 24.1 Å². The number of hydrogen-bond donors (Lipinski definition) is 2. The minimum atomic E-state index is -0.208. The van der Waals surface area contributed by atoms with Crippen LogP contribution in [-0.4, -0.2) is 20.1 Å². The highest BCUT2D eigenvalue weighted by atomic mass is 79.9. The van der Waals surface area contributed by atoms with Crippen LogP contribution >= 0.6 is 15.9 Å². The van der Waals surface area contributed by atoms with Crippen LogP contribution in [0.5, 0.6) is 0 Å². The zero-order chi connectivity index (χ0) is 11.1. The predicted octanol–water partition coefficient (Wildman–Crippen LogP) is 2.29. The fourth-order valence-corrected chi connectivity index (χ4v) is 1.77. The molecule has 0 amide bonds. The van der Waals surface area contributed by atoms with Gasteiger partial charge >= 0.3 is 0 Å². The number of nitrogens with one attached hydrogen (secondary N) is 2. The molecule has 0 radical (unpaired) electrons. The van der Waals surface area contributed by atoms with Crippen LogP contribution in [0.25, 0.3) is 0 Å². The summed E-state index contributed by atoms with van der Waals surface area (Å²) < 4.78 is 13.6. The largest absolute Gasteiger partial charge is 0.320 e. The summed E-state index contributed by atoms with van der Waals surface area (Å²) in [5.41, 5.74) is 1.08. The Labute approximate surface area is 98.4 Å². The molecule has 0 aliphatic rings. The van der Waals surface area contributed by atoms with Crippen LogP contribution in [0.1, 0.15) is 12.0 Å². The summed E-state index contributed by atoms with van der Waals surface area (Å²) in [5.74, 6) is -0.208. The molecular weight excluding hydrogens is 259 g/mol. The third-order valence-electron chi connectivity index (χ3n) is 2.11. The number of hydrogen-bond acceptors (Lipinski definition) is 2. The first kappa shape index (κ1) is 12.6. The van der Waals surface area contributed by atoms with E-state index in [9.17, 15) is 4.39 Å². The third kappa shape index (κ3) is 4.73. The molecule has 0 saturated heterocycles. The Bertz CT molecular complexity index is 305. The molecule has 1 aromatic carbocycles. The van der Waals surface area contributed by atoms with Crippen molar-refractivity contribution in [3.05, 3.63) is 34.1 Å². The summed E-state index contributed by atoms with van der Waals surface area (Å²) in [4.78, 5) is 0. The van der Waals surface area contributed by atoms with Crippen molar-refractivity contribution in [3.8, 4) is 0 Å². The highest BCUT2D eigenvalue weighted by molar-refractivity contribution is 9.10. The minimum absolute atomic E-state index is 0.208. The Morgan fingerprint density at radius 2 is 2.13 bits per heavy atom. The van der Waals surface area contributed by atoms with E-state index < -0.39 is 0 Å². The van der Waals surface area contributed by atoms with E-state index in [0.29, 0.717) is 0 Å². The Hall–Kier alpha value is -0.450. The Morgan fingerprint density at radius 3 is 2.80 bits per heavy atom. The second-order valence-corrected chi connectivity index (χ2v) is 4.22. The summed E-state index contributed by atoms with van der Waals surface area (Å²) in [6.07, 6.45) is 1.09. The highest BCUT2D eigenvalue weighted by Gasteiger charge is 2.00. The standard InChI is InChI=1S/C11H16BrFN2/c1-14-5-2-6-15-8-9-3-4-10(13)7-11(9)12/h3-4,7,14-15H,2,5-6,8H2,1H3. The van der Waals surface area contributed by atoms with Gasteiger partial charge in [0.25, 0.3) is 0 Å². The molecule has 0 unspecified atom stereocenters. The van der Waals surface area contributed by atoms with Crippen LogP contribution in [0.3, 0.4) is 0 Å². The highest BCUT2D eigenvalue weighted by Crippen LogP contribution is 2.17. The summed E-state index contributed by atoms with van der Waals surface area (Å²) in [6.45, 7) is 2.74. The van der Waals surface area contributed by atoms with Crippen LogP contribution in [-0.2, 0) is 6.54 Å². The molecule has 0 atom stereocenters. The summed E-state index contributed by atoms with van der Waals surface area (Å²) in [5, 5.41) is 6.39. The molecule has 0 aliphatic heterocycles. The molecule has 0 bridgehead atoms. The van der Waals surface area contributed by atoms with Crippen LogP contribution < -0.4 is 10.6 Å². The van der Waals surface area contributed by atoms with Crippen LogP contribution in [0.2, 0.25) is 0 Å². The first-order chi connectivity index (χ1) is 7.24. The first-order valence-corrected chi connectivity index (χ1v) is 5.82. The number of benzene rings is 1. The molecule has 15 heavy (non-hydrogen) atoms. The van der Waals surface area contributed by atoms with Gasteiger partial charge in [-0.15, -0.1) is 0 Å². The van der Waals surface area contributed by atoms with Gasteiger partial charge in [0.15, 0.2) is 0 Å². The summed E-state index contributed by atoms with van der Waals surface area (Å²) in [6, 6.07) is 4.77. The van der Waals surface area contributed by atoms with Crippen LogP contribution in [0.15, 0.2) is 22.7 Å². The molecule has 2 nitrogen and oxygen atoms in total. The molecule has 0 saturated carbocycles. The maximum absolute atomic E-state index is 12.8. The van der Waals surface area contributed by atoms with Crippen molar-refractivity contribution in [1.82, 2.24) is 10.6 Å². The lowest BCUT2D eigenvalue weighted by molar-refractivity contribution is 0.614. The lowest BCUT2D eigenvalue weighted by Gasteiger charge is -2.06. The average molecular weight is 275 g/mol. The molecule has 4 heteroatoms. The first-order valence-electron chi connectivity index (χ1n) is 5.03. The van der Waals surface area contributed by atoms with E-state index in [1.165, 1.54) is 12.1 Å². The zero-order valence-electron chi connectivity index (χ0n) is 8.82. The molecule has 2 N–H and O–H groups in total. The number of rotatable bonds is 6. The van der Waals surface area contributed by atoms with Crippen molar-refractivity contribution in [1.29, 1.82) is 0 Å². The predicted molar refractivity (Wildman–Crippen MR) is 64.4 cm³/mol. The smallest absolute Gasteiger partial charge is 0.124 e. The van der Waals surface area contributed by atoms with Crippen LogP contribution in [0.4, 0.5) is 4.39 Å². The van der Waals surface area contributed by atoms with Crippen molar-refractivity contribution < 1.29 is 4.39 Å². The number of halogens is 2. The Morgan fingerprint density at radius 1 is 1.33 bits per heavy atom. The third-order valence-corrected chi connectivity index (χ3v) is 2.85. The van der Waals surface area contributed by atoms with Gasteiger partial charge in [-0.2, -0.15) is 0 Å². The molecule has 0 aromatic heterocycles. The Kier molecular flexibility index (Phi) is 5.83. The summed E-state index contributed by atoms with van der Waals surface area (Å²) in [7, 11) is 1.94. The van der Waals surface area contributed by atoms with Gasteiger partial charge in [-0.25, -0.2) is 4.39 Å². The van der Waals surface area contributed by atoms with E-state index in [2.05, 4.69) is 26.6 Å². The lowest BCUT2D eigenvalue weighted by Crippen LogP contribution is -2.19. The van der Waals surface area contributed by atoms with E-state index in [1.54, 1.807) is 6.07 Å². The Balaban J connectivity index is 2.31. The second kappa shape index (κ2) is 6.93. The van der Waals surface area contributed by atoms with E-state index in [1.807, 2.05) is 7.05 Å². The SMILES string of the molecule is CNCCCNCc1ccc(F)cc1Br. The normalized spacial score (nSPS) is 10.6. The van der Waals surface area contributed by atoms with Gasteiger partial charge in [-0.1, -0.05) is 22.0 Å². The van der Waals surface area contributed by atoms with Gasteiger partial charge in [0.2, 0.25) is 0 Å². The zero-order valence-corrected chi connectivity index (χ0v) is 10.4. The monoisotopic (exact) mass is 274 g/mol. The van der Waals surface area contributed by atoms with Gasteiger partial charge in [0.1, 0.15) is 5.82 Å². The minimum Gasteiger partial charge on any atom is -0.320 e. The quantitative estimate of drug-likeness (QED) is 0.778. The van der Waals surface area contributed by atoms with Gasteiger partial charge in [-0.3, -0.25) is 0 Å². The van der Waals surface area contributed by atoms with Crippen molar-refractivity contribution in [2.24, 2.45) is 0 Å². The summed E-state index contributed by atoms with van der Waals surface area (Å²) >= 11 is 3.34. The van der Waals surface area contributed by atoms with Crippen molar-refractivity contribution >= 4 is 15.9 Å². The van der Waals surface area contributed by atoms with Gasteiger partial charge in [0.05, 0.1) is 0 Å². The second-order valence-electron chi connectivity index (χ2n) is 3.37. The van der Waals surface area contributed by atoms with E-state index >= 15 is 0 Å².